The van der Waals surface area contributed by atoms with Crippen LogP contribution in [-0.2, 0) is 4.79 Å². The molecular formula is C8H7BrFNO. The van der Waals surface area contributed by atoms with Crippen molar-refractivity contribution in [1.82, 2.24) is 0 Å². The lowest BCUT2D eigenvalue weighted by molar-refractivity contribution is -0.117. The summed E-state index contributed by atoms with van der Waals surface area (Å²) in [5, 5.41) is 2.40. The van der Waals surface area contributed by atoms with Gasteiger partial charge in [-0.2, -0.15) is 0 Å². The monoisotopic (exact) mass is 231 g/mol. The number of carbonyl (C=O) groups is 1. The summed E-state index contributed by atoms with van der Waals surface area (Å²) in [6.07, 6.45) is 0. The Hall–Kier alpha value is -0.900. The Kier molecular flexibility index (Phi) is 3.22. The van der Waals surface area contributed by atoms with Crippen LogP contribution in [0.15, 0.2) is 28.7 Å². The Balaban J connectivity index is 2.75. The molecule has 1 amide bonds. The van der Waals surface area contributed by atoms with Crippen molar-refractivity contribution in [2.75, 3.05) is 12.0 Å². The van der Waals surface area contributed by atoms with Crippen molar-refractivity contribution in [1.29, 1.82) is 0 Å². The van der Waals surface area contributed by atoms with E-state index in [1.54, 1.807) is 18.2 Å². The van der Waals surface area contributed by atoms with E-state index in [0.29, 0.717) is 5.69 Å². The van der Waals surface area contributed by atoms with Gasteiger partial charge in [0.25, 0.3) is 5.91 Å². The Bertz CT molecular complexity index is 290. The summed E-state index contributed by atoms with van der Waals surface area (Å²) in [4.78, 5) is 10.6. The Morgan fingerprint density at radius 3 is 2.75 bits per heavy atom. The van der Waals surface area contributed by atoms with Crippen LogP contribution < -0.4 is 5.32 Å². The summed E-state index contributed by atoms with van der Waals surface area (Å²) in [5.74, 6) is -0.637. The van der Waals surface area contributed by atoms with Gasteiger partial charge in [-0.15, -0.1) is 0 Å². The smallest absolute Gasteiger partial charge is 0.255 e. The number of alkyl halides is 1. The van der Waals surface area contributed by atoms with E-state index in [1.807, 2.05) is 6.07 Å². The maximum absolute atomic E-state index is 11.8. The molecule has 0 radical (unpaired) electrons. The molecule has 1 aromatic carbocycles. The second-order valence-corrected chi connectivity index (χ2v) is 3.02. The summed E-state index contributed by atoms with van der Waals surface area (Å²) in [5.41, 5.74) is 0.583. The molecule has 0 unspecified atom stereocenters. The number of halogens is 2. The van der Waals surface area contributed by atoms with Gasteiger partial charge in [0, 0.05) is 4.47 Å². The summed E-state index contributed by atoms with van der Waals surface area (Å²) in [6.45, 7) is -0.999. The molecule has 0 spiro atoms. The lowest BCUT2D eigenvalue weighted by Crippen LogP contribution is -2.13. The van der Waals surface area contributed by atoms with Gasteiger partial charge in [0.1, 0.15) is 0 Å². The molecule has 1 aromatic rings. The van der Waals surface area contributed by atoms with Gasteiger partial charge in [0.05, 0.1) is 5.69 Å². The molecule has 0 saturated carbocycles. The minimum atomic E-state index is -0.999. The lowest BCUT2D eigenvalue weighted by Gasteiger charge is -2.03. The highest BCUT2D eigenvalue weighted by atomic mass is 79.9. The van der Waals surface area contributed by atoms with Crippen LogP contribution in [0, 0.1) is 0 Å². The van der Waals surface area contributed by atoms with E-state index in [0.717, 1.165) is 4.47 Å². The van der Waals surface area contributed by atoms with Crippen molar-refractivity contribution in [2.45, 2.75) is 0 Å². The second-order valence-electron chi connectivity index (χ2n) is 2.16. The average Bonchev–Trinajstić information content (AvgIpc) is 2.09. The molecule has 4 heteroatoms. The topological polar surface area (TPSA) is 29.1 Å². The van der Waals surface area contributed by atoms with Crippen molar-refractivity contribution in [3.8, 4) is 0 Å². The van der Waals surface area contributed by atoms with Gasteiger partial charge in [-0.05, 0) is 28.1 Å². The fourth-order valence-corrected chi connectivity index (χ4v) is 1.13. The zero-order chi connectivity index (χ0) is 8.97. The first kappa shape index (κ1) is 9.19. The van der Waals surface area contributed by atoms with Crippen molar-refractivity contribution in [3.63, 3.8) is 0 Å². The Morgan fingerprint density at radius 1 is 1.50 bits per heavy atom. The Labute approximate surface area is 77.9 Å². The molecule has 12 heavy (non-hydrogen) atoms. The van der Waals surface area contributed by atoms with Gasteiger partial charge in [0.15, 0.2) is 6.67 Å². The van der Waals surface area contributed by atoms with Gasteiger partial charge < -0.3 is 5.32 Å². The van der Waals surface area contributed by atoms with Crippen LogP contribution in [0.4, 0.5) is 10.1 Å². The molecule has 0 fully saturated rings. The molecule has 0 aliphatic carbocycles. The number of amides is 1. The largest absolute Gasteiger partial charge is 0.323 e. The standard InChI is InChI=1S/C8H7BrFNO/c9-6-3-1-2-4-7(6)11-8(12)5-10/h1-4H,5H2,(H,11,12). The predicted octanol–water partition coefficient (Wildman–Crippen LogP) is 2.36. The molecule has 0 aliphatic rings. The highest BCUT2D eigenvalue weighted by Crippen LogP contribution is 2.20. The summed E-state index contributed by atoms with van der Waals surface area (Å²) in [7, 11) is 0. The second kappa shape index (κ2) is 4.21. The van der Waals surface area contributed by atoms with Crippen LogP contribution in [0.1, 0.15) is 0 Å². The summed E-state index contributed by atoms with van der Waals surface area (Å²) in [6, 6.07) is 7.04. The van der Waals surface area contributed by atoms with E-state index in [9.17, 15) is 9.18 Å². The van der Waals surface area contributed by atoms with Crippen molar-refractivity contribution < 1.29 is 9.18 Å². The number of hydrogen-bond acceptors (Lipinski definition) is 1. The Morgan fingerprint density at radius 2 is 2.17 bits per heavy atom. The first-order chi connectivity index (χ1) is 5.74. The minimum Gasteiger partial charge on any atom is -0.323 e. The van der Waals surface area contributed by atoms with Crippen LogP contribution in [0.2, 0.25) is 0 Å². The fraction of sp³-hybridized carbons (Fsp3) is 0.125. The first-order valence-electron chi connectivity index (χ1n) is 3.34. The predicted molar refractivity (Wildman–Crippen MR) is 48.7 cm³/mol. The number of carbonyl (C=O) groups excluding carboxylic acids is 1. The number of hydrogen-bond donors (Lipinski definition) is 1. The number of rotatable bonds is 2. The average molecular weight is 232 g/mol. The third-order valence-electron chi connectivity index (χ3n) is 1.27. The number of nitrogens with one attached hydrogen (secondary N) is 1. The number of benzene rings is 1. The molecule has 0 heterocycles. The van der Waals surface area contributed by atoms with Gasteiger partial charge >= 0.3 is 0 Å². The molecule has 0 saturated heterocycles. The molecular weight excluding hydrogens is 225 g/mol. The van der Waals surface area contributed by atoms with Gasteiger partial charge in [-0.1, -0.05) is 12.1 Å². The lowest BCUT2D eigenvalue weighted by atomic mass is 10.3. The van der Waals surface area contributed by atoms with Crippen LogP contribution in [0.5, 0.6) is 0 Å². The van der Waals surface area contributed by atoms with Crippen molar-refractivity contribution in [2.24, 2.45) is 0 Å². The fourth-order valence-electron chi connectivity index (χ4n) is 0.746. The number of anilines is 1. The first-order valence-corrected chi connectivity index (χ1v) is 4.13. The summed E-state index contributed by atoms with van der Waals surface area (Å²) < 4.78 is 12.5. The quantitative estimate of drug-likeness (QED) is 0.833. The maximum Gasteiger partial charge on any atom is 0.255 e. The zero-order valence-electron chi connectivity index (χ0n) is 6.18. The molecule has 0 bridgehead atoms. The molecule has 0 aliphatic heterocycles. The zero-order valence-corrected chi connectivity index (χ0v) is 7.77. The van der Waals surface area contributed by atoms with Crippen LogP contribution >= 0.6 is 15.9 Å². The molecule has 2 nitrogen and oxygen atoms in total. The van der Waals surface area contributed by atoms with E-state index in [2.05, 4.69) is 21.2 Å². The third-order valence-corrected chi connectivity index (χ3v) is 1.96. The van der Waals surface area contributed by atoms with Crippen molar-refractivity contribution in [3.05, 3.63) is 28.7 Å². The van der Waals surface area contributed by atoms with Gasteiger partial charge in [-0.3, -0.25) is 4.79 Å². The molecule has 0 atom stereocenters. The van der Waals surface area contributed by atoms with Crippen LogP contribution in [0.3, 0.4) is 0 Å². The van der Waals surface area contributed by atoms with Crippen LogP contribution in [-0.4, -0.2) is 12.6 Å². The number of para-hydroxylation sites is 1. The van der Waals surface area contributed by atoms with Gasteiger partial charge in [-0.25, -0.2) is 4.39 Å². The van der Waals surface area contributed by atoms with E-state index >= 15 is 0 Å². The molecule has 64 valence electrons. The summed E-state index contributed by atoms with van der Waals surface area (Å²) >= 11 is 3.22. The minimum absolute atomic E-state index is 0.583. The highest BCUT2D eigenvalue weighted by Gasteiger charge is 2.02. The van der Waals surface area contributed by atoms with Crippen molar-refractivity contribution >= 4 is 27.5 Å². The molecule has 0 aromatic heterocycles. The SMILES string of the molecule is O=C(CF)Nc1ccccc1Br. The highest BCUT2D eigenvalue weighted by molar-refractivity contribution is 9.10. The van der Waals surface area contributed by atoms with E-state index < -0.39 is 12.6 Å². The molecule has 1 N–H and O–H groups in total. The maximum atomic E-state index is 11.8. The van der Waals surface area contributed by atoms with E-state index in [1.165, 1.54) is 0 Å². The normalized spacial score (nSPS) is 9.50. The van der Waals surface area contributed by atoms with E-state index in [4.69, 9.17) is 0 Å². The van der Waals surface area contributed by atoms with Crippen LogP contribution in [0.25, 0.3) is 0 Å². The molecule has 1 rings (SSSR count). The third kappa shape index (κ3) is 2.30. The van der Waals surface area contributed by atoms with Gasteiger partial charge in [0.2, 0.25) is 0 Å². The van der Waals surface area contributed by atoms with E-state index in [-0.39, 0.29) is 0 Å².